The molecule has 0 aromatic heterocycles. The number of anilines is 2. The molecule has 3 heterocycles. The molecule has 3 aliphatic rings. The summed E-state index contributed by atoms with van der Waals surface area (Å²) < 4.78 is 34.0. The molecule has 31 heavy (non-hydrogen) atoms. The summed E-state index contributed by atoms with van der Waals surface area (Å²) in [6.45, 7) is 4.61. The summed E-state index contributed by atoms with van der Waals surface area (Å²) in [6.07, 6.45) is 1.68. The van der Waals surface area contributed by atoms with Gasteiger partial charge in [-0.15, -0.1) is 0 Å². The summed E-state index contributed by atoms with van der Waals surface area (Å²) in [4.78, 5) is 16.9. The first-order valence-electron chi connectivity index (χ1n) is 10.8. The number of piperazine rings is 1. The van der Waals surface area contributed by atoms with Gasteiger partial charge in [-0.05, 0) is 55.2 Å². The second kappa shape index (κ2) is 7.53. The molecule has 2 aromatic carbocycles. The van der Waals surface area contributed by atoms with Crippen LogP contribution in [0.2, 0.25) is 0 Å². The molecule has 1 fully saturated rings. The molecule has 0 aliphatic carbocycles. The predicted molar refractivity (Wildman–Crippen MR) is 119 cm³/mol. The minimum Gasteiger partial charge on any atom is -0.495 e. The van der Waals surface area contributed by atoms with Crippen LogP contribution in [0.1, 0.15) is 30.4 Å². The van der Waals surface area contributed by atoms with Gasteiger partial charge in [0.25, 0.3) is 0 Å². The number of sulfonamides is 1. The van der Waals surface area contributed by atoms with E-state index in [-0.39, 0.29) is 11.8 Å². The van der Waals surface area contributed by atoms with Crippen LogP contribution in [0.15, 0.2) is 41.3 Å². The van der Waals surface area contributed by atoms with Gasteiger partial charge in [-0.25, -0.2) is 8.42 Å². The zero-order valence-electron chi connectivity index (χ0n) is 17.9. The molecule has 1 saturated heterocycles. The van der Waals surface area contributed by atoms with E-state index in [0.717, 1.165) is 47.6 Å². The van der Waals surface area contributed by atoms with E-state index in [9.17, 15) is 13.2 Å². The van der Waals surface area contributed by atoms with Crippen molar-refractivity contribution in [3.05, 3.63) is 47.5 Å². The number of para-hydroxylation sites is 2. The third kappa shape index (κ3) is 3.20. The molecule has 0 spiro atoms. The molecule has 1 amide bonds. The number of carbonyl (C=O) groups is 1. The molecule has 2 aromatic rings. The Balaban J connectivity index is 1.41. The lowest BCUT2D eigenvalue weighted by Crippen LogP contribution is -2.48. The fourth-order valence-electron chi connectivity index (χ4n) is 5.02. The van der Waals surface area contributed by atoms with Crippen molar-refractivity contribution in [2.75, 3.05) is 49.6 Å². The maximum absolute atomic E-state index is 13.5. The second-order valence-electron chi connectivity index (χ2n) is 8.40. The number of aryl methyl sites for hydroxylation is 1. The predicted octanol–water partition coefficient (Wildman–Crippen LogP) is 2.60. The van der Waals surface area contributed by atoms with Crippen molar-refractivity contribution in [3.8, 4) is 5.75 Å². The van der Waals surface area contributed by atoms with Crippen molar-refractivity contribution in [2.24, 2.45) is 0 Å². The van der Waals surface area contributed by atoms with Crippen LogP contribution in [0.5, 0.6) is 5.75 Å². The molecule has 0 N–H and O–H groups in total. The number of hydrogen-bond donors (Lipinski definition) is 0. The second-order valence-corrected chi connectivity index (χ2v) is 10.3. The Morgan fingerprint density at radius 3 is 2.52 bits per heavy atom. The number of hydrogen-bond acceptors (Lipinski definition) is 5. The molecular weight excluding hydrogens is 414 g/mol. The van der Waals surface area contributed by atoms with Crippen molar-refractivity contribution in [1.29, 1.82) is 0 Å². The Morgan fingerprint density at radius 2 is 1.77 bits per heavy atom. The standard InChI is InChI=1S/C23H27N3O4S/c1-16-19-15-18(14-17-6-5-9-26(22(17)19)23(16)27)31(28,29)25-12-10-24(11-13-25)20-7-3-4-8-21(20)30-2/h3-4,7-8,14-16H,5-6,9-13H2,1-2H3/t16-/m1/s1. The van der Waals surface area contributed by atoms with E-state index in [2.05, 4.69) is 4.90 Å². The van der Waals surface area contributed by atoms with Crippen molar-refractivity contribution < 1.29 is 17.9 Å². The largest absolute Gasteiger partial charge is 0.495 e. The van der Waals surface area contributed by atoms with Crippen molar-refractivity contribution in [1.82, 2.24) is 4.31 Å². The van der Waals surface area contributed by atoms with Crippen LogP contribution < -0.4 is 14.5 Å². The summed E-state index contributed by atoms with van der Waals surface area (Å²) >= 11 is 0. The quantitative estimate of drug-likeness (QED) is 0.730. The molecule has 3 aliphatic heterocycles. The number of ether oxygens (including phenoxy) is 1. The summed E-state index contributed by atoms with van der Waals surface area (Å²) in [6, 6.07) is 11.3. The smallest absolute Gasteiger partial charge is 0.243 e. The lowest BCUT2D eigenvalue weighted by molar-refractivity contribution is -0.119. The van der Waals surface area contributed by atoms with E-state index in [1.165, 1.54) is 0 Å². The SMILES string of the molecule is COc1ccccc1N1CCN(S(=O)(=O)c2cc3c4c(c2)[C@@H](C)C(=O)N4CCC3)CC1. The number of benzene rings is 2. The van der Waals surface area contributed by atoms with E-state index >= 15 is 0 Å². The minimum atomic E-state index is -3.63. The molecule has 164 valence electrons. The van der Waals surface area contributed by atoms with Crippen LogP contribution in [0.25, 0.3) is 0 Å². The van der Waals surface area contributed by atoms with Gasteiger partial charge in [0.2, 0.25) is 15.9 Å². The number of rotatable bonds is 4. The van der Waals surface area contributed by atoms with Crippen LogP contribution in [-0.2, 0) is 21.2 Å². The number of methoxy groups -OCH3 is 1. The van der Waals surface area contributed by atoms with Crippen molar-refractivity contribution in [2.45, 2.75) is 30.6 Å². The minimum absolute atomic E-state index is 0.0796. The average Bonchev–Trinajstić information content (AvgIpc) is 3.05. The van der Waals surface area contributed by atoms with E-state index in [1.54, 1.807) is 23.5 Å². The first kappa shape index (κ1) is 20.3. The van der Waals surface area contributed by atoms with Crippen molar-refractivity contribution >= 4 is 27.3 Å². The van der Waals surface area contributed by atoms with Crippen LogP contribution in [0, 0.1) is 0 Å². The van der Waals surface area contributed by atoms with Crippen LogP contribution in [-0.4, -0.2) is 58.5 Å². The lowest BCUT2D eigenvalue weighted by Gasteiger charge is -2.36. The highest BCUT2D eigenvalue weighted by atomic mass is 32.2. The zero-order chi connectivity index (χ0) is 21.8. The number of nitrogens with zero attached hydrogens (tertiary/aromatic N) is 3. The Kier molecular flexibility index (Phi) is 4.94. The van der Waals surface area contributed by atoms with Crippen LogP contribution in [0.4, 0.5) is 11.4 Å². The average molecular weight is 442 g/mol. The first-order chi connectivity index (χ1) is 14.9. The molecule has 1 atom stereocenters. The Hall–Kier alpha value is -2.58. The lowest BCUT2D eigenvalue weighted by atomic mass is 9.97. The highest BCUT2D eigenvalue weighted by molar-refractivity contribution is 7.89. The normalized spacial score (nSPS) is 21.4. The first-order valence-corrected chi connectivity index (χ1v) is 12.2. The summed E-state index contributed by atoms with van der Waals surface area (Å²) in [7, 11) is -1.98. The van der Waals surface area contributed by atoms with Gasteiger partial charge in [0.15, 0.2) is 0 Å². The van der Waals surface area contributed by atoms with E-state index in [4.69, 9.17) is 4.74 Å². The molecule has 0 saturated carbocycles. The van der Waals surface area contributed by atoms with Crippen molar-refractivity contribution in [3.63, 3.8) is 0 Å². The Labute approximate surface area is 183 Å². The van der Waals surface area contributed by atoms with Gasteiger partial charge in [0.1, 0.15) is 5.75 Å². The fourth-order valence-corrected chi connectivity index (χ4v) is 6.53. The third-order valence-corrected chi connectivity index (χ3v) is 8.57. The van der Waals surface area contributed by atoms with Gasteiger partial charge in [0.05, 0.1) is 29.3 Å². The van der Waals surface area contributed by atoms with E-state index in [0.29, 0.717) is 31.1 Å². The van der Waals surface area contributed by atoms with E-state index < -0.39 is 10.0 Å². The monoisotopic (exact) mass is 441 g/mol. The molecule has 0 bridgehead atoms. The maximum atomic E-state index is 13.5. The van der Waals surface area contributed by atoms with Gasteiger partial charge >= 0.3 is 0 Å². The summed E-state index contributed by atoms with van der Waals surface area (Å²) in [5.41, 5.74) is 3.77. The topological polar surface area (TPSA) is 70.2 Å². The third-order valence-electron chi connectivity index (χ3n) is 6.69. The molecule has 7 nitrogen and oxygen atoms in total. The number of amides is 1. The zero-order valence-corrected chi connectivity index (χ0v) is 18.7. The maximum Gasteiger partial charge on any atom is 0.243 e. The Bertz CT molecular complexity index is 1140. The molecule has 0 radical (unpaired) electrons. The van der Waals surface area contributed by atoms with Gasteiger partial charge in [-0.3, -0.25) is 4.79 Å². The van der Waals surface area contributed by atoms with Crippen LogP contribution >= 0.6 is 0 Å². The summed E-state index contributed by atoms with van der Waals surface area (Å²) in [5, 5.41) is 0. The van der Waals surface area contributed by atoms with Gasteiger partial charge in [-0.1, -0.05) is 12.1 Å². The fraction of sp³-hybridized carbons (Fsp3) is 0.435. The van der Waals surface area contributed by atoms with Gasteiger partial charge in [-0.2, -0.15) is 4.31 Å². The highest BCUT2D eigenvalue weighted by Crippen LogP contribution is 2.44. The number of carbonyl (C=O) groups excluding carboxylic acids is 1. The molecule has 5 rings (SSSR count). The van der Waals surface area contributed by atoms with Gasteiger partial charge < -0.3 is 14.5 Å². The highest BCUT2D eigenvalue weighted by Gasteiger charge is 2.40. The Morgan fingerprint density at radius 1 is 1.03 bits per heavy atom. The van der Waals surface area contributed by atoms with E-state index in [1.807, 2.05) is 36.1 Å². The molecule has 0 unspecified atom stereocenters. The van der Waals surface area contributed by atoms with Crippen LogP contribution in [0.3, 0.4) is 0 Å². The summed E-state index contributed by atoms with van der Waals surface area (Å²) in [5.74, 6) is 0.583. The molecule has 8 heteroatoms. The molecular formula is C23H27N3O4S. The van der Waals surface area contributed by atoms with Gasteiger partial charge in [0, 0.05) is 32.7 Å².